The summed E-state index contributed by atoms with van der Waals surface area (Å²) in [5, 5.41) is 3.52. The first-order valence-corrected chi connectivity index (χ1v) is 10.4. The Kier molecular flexibility index (Phi) is 5.91. The van der Waals surface area contributed by atoms with Crippen molar-refractivity contribution in [2.75, 3.05) is 50.8 Å². The number of likely N-dealkylation sites (tertiary alicyclic amines) is 1. The van der Waals surface area contributed by atoms with Gasteiger partial charge < -0.3 is 10.2 Å². The summed E-state index contributed by atoms with van der Waals surface area (Å²) in [6, 6.07) is 0. The monoisotopic (exact) mass is 324 g/mol. The Labute approximate surface area is 140 Å². The van der Waals surface area contributed by atoms with E-state index in [2.05, 4.69) is 33.8 Å². The van der Waals surface area contributed by atoms with Crippen molar-refractivity contribution in [3.8, 4) is 0 Å². The smallest absolute Gasteiger partial charge is 0.193 e. The molecule has 0 aromatic heterocycles. The standard InChI is InChI=1S/C17H32N4S/c1-2-18-16(20-9-5-6-10-20)19-15-17(7-3-4-8-17)21-11-13-22-14-12-21/h2-15H2,1H3,(H,18,19). The summed E-state index contributed by atoms with van der Waals surface area (Å²) in [5.74, 6) is 3.77. The molecule has 0 atom stereocenters. The molecule has 2 heterocycles. The summed E-state index contributed by atoms with van der Waals surface area (Å²) in [4.78, 5) is 10.3. The van der Waals surface area contributed by atoms with Gasteiger partial charge in [0.05, 0.1) is 6.54 Å². The van der Waals surface area contributed by atoms with Crippen LogP contribution in [-0.4, -0.2) is 72.1 Å². The Morgan fingerprint density at radius 3 is 2.36 bits per heavy atom. The highest BCUT2D eigenvalue weighted by Gasteiger charge is 2.40. The maximum Gasteiger partial charge on any atom is 0.193 e. The van der Waals surface area contributed by atoms with Gasteiger partial charge >= 0.3 is 0 Å². The molecule has 1 aliphatic carbocycles. The minimum absolute atomic E-state index is 0.362. The van der Waals surface area contributed by atoms with Gasteiger partial charge in [-0.25, -0.2) is 0 Å². The molecule has 0 aromatic rings. The number of hydrogen-bond acceptors (Lipinski definition) is 3. The van der Waals surface area contributed by atoms with Gasteiger partial charge in [0.15, 0.2) is 5.96 Å². The number of thioether (sulfide) groups is 1. The normalized spacial score (nSPS) is 26.6. The van der Waals surface area contributed by atoms with Gasteiger partial charge in [-0.15, -0.1) is 0 Å². The van der Waals surface area contributed by atoms with Crippen LogP contribution in [0, 0.1) is 0 Å². The number of nitrogens with zero attached hydrogens (tertiary/aromatic N) is 3. The zero-order chi connectivity index (χ0) is 15.3. The molecule has 3 fully saturated rings. The van der Waals surface area contributed by atoms with Gasteiger partial charge in [0.2, 0.25) is 0 Å². The van der Waals surface area contributed by atoms with E-state index in [1.807, 2.05) is 0 Å². The van der Waals surface area contributed by atoms with E-state index in [0.29, 0.717) is 5.54 Å². The summed E-state index contributed by atoms with van der Waals surface area (Å²) in [6.07, 6.45) is 8.11. The number of hydrogen-bond donors (Lipinski definition) is 1. The first kappa shape index (κ1) is 16.4. The third-order valence-corrected chi connectivity index (χ3v) is 6.42. The number of guanidine groups is 1. The lowest BCUT2D eigenvalue weighted by atomic mass is 9.95. The molecule has 0 amide bonds. The molecular weight excluding hydrogens is 292 g/mol. The maximum absolute atomic E-state index is 5.11. The SMILES string of the molecule is CCNC(=NCC1(N2CCSCC2)CCCC1)N1CCCC1. The first-order valence-electron chi connectivity index (χ1n) is 9.20. The third kappa shape index (κ3) is 3.73. The average Bonchev–Trinajstić information content (AvgIpc) is 3.25. The fourth-order valence-corrected chi connectivity index (χ4v) is 5.13. The van der Waals surface area contributed by atoms with Gasteiger partial charge in [-0.3, -0.25) is 9.89 Å². The molecule has 4 nitrogen and oxygen atoms in total. The Balaban J connectivity index is 1.69. The Bertz CT molecular complexity index is 367. The van der Waals surface area contributed by atoms with Crippen LogP contribution >= 0.6 is 11.8 Å². The lowest BCUT2D eigenvalue weighted by Gasteiger charge is -2.42. The maximum atomic E-state index is 5.11. The summed E-state index contributed by atoms with van der Waals surface area (Å²) in [7, 11) is 0. The van der Waals surface area contributed by atoms with Gasteiger partial charge in [-0.1, -0.05) is 12.8 Å². The molecule has 0 spiro atoms. The van der Waals surface area contributed by atoms with E-state index in [-0.39, 0.29) is 0 Å². The average molecular weight is 325 g/mol. The van der Waals surface area contributed by atoms with E-state index in [9.17, 15) is 0 Å². The van der Waals surface area contributed by atoms with Crippen molar-refractivity contribution in [1.82, 2.24) is 15.1 Å². The van der Waals surface area contributed by atoms with Crippen LogP contribution in [0.15, 0.2) is 4.99 Å². The van der Waals surface area contributed by atoms with Crippen LogP contribution < -0.4 is 5.32 Å². The highest BCUT2D eigenvalue weighted by molar-refractivity contribution is 7.99. The molecule has 0 radical (unpaired) electrons. The molecule has 2 saturated heterocycles. The fraction of sp³-hybridized carbons (Fsp3) is 0.941. The molecule has 5 heteroatoms. The lowest BCUT2D eigenvalue weighted by molar-refractivity contribution is 0.112. The van der Waals surface area contributed by atoms with Crippen molar-refractivity contribution in [3.05, 3.63) is 0 Å². The molecule has 0 unspecified atom stereocenters. The van der Waals surface area contributed by atoms with Crippen molar-refractivity contribution in [3.63, 3.8) is 0 Å². The predicted octanol–water partition coefficient (Wildman–Crippen LogP) is 2.41. The van der Waals surface area contributed by atoms with E-state index >= 15 is 0 Å². The second-order valence-corrected chi connectivity index (χ2v) is 8.12. The fourth-order valence-electron chi connectivity index (χ4n) is 4.22. The van der Waals surface area contributed by atoms with E-state index in [0.717, 1.165) is 19.0 Å². The van der Waals surface area contributed by atoms with Gasteiger partial charge in [-0.05, 0) is 32.6 Å². The largest absolute Gasteiger partial charge is 0.357 e. The topological polar surface area (TPSA) is 30.9 Å². The van der Waals surface area contributed by atoms with Crippen LogP contribution in [0.5, 0.6) is 0 Å². The van der Waals surface area contributed by atoms with Gasteiger partial charge in [0.1, 0.15) is 0 Å². The van der Waals surface area contributed by atoms with Crippen molar-refractivity contribution in [2.24, 2.45) is 4.99 Å². The molecule has 1 N–H and O–H groups in total. The van der Waals surface area contributed by atoms with Crippen LogP contribution in [0.3, 0.4) is 0 Å². The summed E-state index contributed by atoms with van der Waals surface area (Å²) >= 11 is 2.11. The Hall–Kier alpha value is -0.420. The zero-order valence-electron chi connectivity index (χ0n) is 14.1. The van der Waals surface area contributed by atoms with E-state index in [1.54, 1.807) is 0 Å². The van der Waals surface area contributed by atoms with Crippen molar-refractivity contribution in [1.29, 1.82) is 0 Å². The van der Waals surface area contributed by atoms with E-state index in [1.165, 1.54) is 76.2 Å². The van der Waals surface area contributed by atoms with Crippen LogP contribution in [0.1, 0.15) is 45.4 Å². The van der Waals surface area contributed by atoms with Crippen molar-refractivity contribution in [2.45, 2.75) is 51.0 Å². The molecule has 126 valence electrons. The molecule has 3 rings (SSSR count). The summed E-state index contributed by atoms with van der Waals surface area (Å²) < 4.78 is 0. The zero-order valence-corrected chi connectivity index (χ0v) is 15.0. The quantitative estimate of drug-likeness (QED) is 0.635. The molecule has 2 aliphatic heterocycles. The second kappa shape index (κ2) is 7.91. The van der Waals surface area contributed by atoms with Crippen LogP contribution in [-0.2, 0) is 0 Å². The number of aliphatic imine (C=N–C) groups is 1. The molecule has 22 heavy (non-hydrogen) atoms. The van der Waals surface area contributed by atoms with Gasteiger partial charge in [0.25, 0.3) is 0 Å². The van der Waals surface area contributed by atoms with E-state index < -0.39 is 0 Å². The molecule has 0 bridgehead atoms. The number of rotatable bonds is 4. The predicted molar refractivity (Wildman–Crippen MR) is 96.9 cm³/mol. The van der Waals surface area contributed by atoms with Crippen LogP contribution in [0.2, 0.25) is 0 Å². The van der Waals surface area contributed by atoms with Gasteiger partial charge in [0, 0.05) is 49.8 Å². The summed E-state index contributed by atoms with van der Waals surface area (Å²) in [5.41, 5.74) is 0.362. The number of nitrogens with one attached hydrogen (secondary N) is 1. The van der Waals surface area contributed by atoms with Crippen LogP contribution in [0.4, 0.5) is 0 Å². The highest BCUT2D eigenvalue weighted by Crippen LogP contribution is 2.37. The second-order valence-electron chi connectivity index (χ2n) is 6.90. The van der Waals surface area contributed by atoms with Crippen LogP contribution in [0.25, 0.3) is 0 Å². The molecule has 3 aliphatic rings. The van der Waals surface area contributed by atoms with E-state index in [4.69, 9.17) is 4.99 Å². The molecule has 1 saturated carbocycles. The summed E-state index contributed by atoms with van der Waals surface area (Å²) in [6.45, 7) is 9.04. The van der Waals surface area contributed by atoms with Gasteiger partial charge in [-0.2, -0.15) is 11.8 Å². The molecular formula is C17H32N4S. The Morgan fingerprint density at radius 2 is 1.73 bits per heavy atom. The first-order chi connectivity index (χ1) is 10.8. The van der Waals surface area contributed by atoms with Crippen molar-refractivity contribution >= 4 is 17.7 Å². The lowest BCUT2D eigenvalue weighted by Crippen LogP contribution is -2.53. The van der Waals surface area contributed by atoms with Crippen molar-refractivity contribution < 1.29 is 0 Å². The highest BCUT2D eigenvalue weighted by atomic mass is 32.2. The third-order valence-electron chi connectivity index (χ3n) is 5.48. The molecule has 0 aromatic carbocycles. The minimum Gasteiger partial charge on any atom is -0.357 e. The Morgan fingerprint density at radius 1 is 1.05 bits per heavy atom. The minimum atomic E-state index is 0.362.